The average molecular weight is 436 g/mol. The second kappa shape index (κ2) is 9.04. The Morgan fingerprint density at radius 2 is 1.09 bits per heavy atom. The maximum Gasteiger partial charge on any atom is 0.343 e. The molecule has 0 atom stereocenters. The summed E-state index contributed by atoms with van der Waals surface area (Å²) in [5.41, 5.74) is 0.672. The van der Waals surface area contributed by atoms with Gasteiger partial charge in [0.05, 0.1) is 21.0 Å². The molecule has 3 aromatic rings. The van der Waals surface area contributed by atoms with E-state index in [1.54, 1.807) is 13.8 Å². The van der Waals surface area contributed by atoms with E-state index in [0.29, 0.717) is 11.1 Å². The van der Waals surface area contributed by atoms with E-state index in [1.165, 1.54) is 60.7 Å². The Hall–Kier alpha value is -4.60. The highest BCUT2D eigenvalue weighted by Crippen LogP contribution is 2.26. The summed E-state index contributed by atoms with van der Waals surface area (Å²) in [5.74, 6) is -1.23. The number of carbonyl (C=O) groups is 2. The Labute approximate surface area is 181 Å². The highest BCUT2D eigenvalue weighted by molar-refractivity contribution is 5.97. The van der Waals surface area contributed by atoms with E-state index in [0.717, 1.165) is 0 Å². The molecule has 0 aliphatic carbocycles. The maximum atomic E-state index is 12.5. The SMILES string of the molecule is Cc1cc([N+](=O)[O-])ccc1OC(=O)c1cccc(C(=O)Oc2ccc([N+](=O)[O-])cc2C)c1. The predicted octanol–water partition coefficient (Wildman–Crippen LogP) is 4.56. The van der Waals surface area contributed by atoms with E-state index in [9.17, 15) is 29.8 Å². The zero-order valence-electron chi connectivity index (χ0n) is 16.9. The number of carbonyl (C=O) groups excluding carboxylic acids is 2. The fraction of sp³-hybridized carbons (Fsp3) is 0.0909. The van der Waals surface area contributed by atoms with Gasteiger partial charge in [0.2, 0.25) is 0 Å². The number of nitro groups is 2. The van der Waals surface area contributed by atoms with Crippen molar-refractivity contribution >= 4 is 23.3 Å². The van der Waals surface area contributed by atoms with Crippen molar-refractivity contribution in [1.82, 2.24) is 0 Å². The van der Waals surface area contributed by atoms with Gasteiger partial charge in [0, 0.05) is 24.3 Å². The third-order valence-corrected chi connectivity index (χ3v) is 4.48. The van der Waals surface area contributed by atoms with Gasteiger partial charge in [-0.05, 0) is 55.3 Å². The molecule has 0 spiro atoms. The number of benzene rings is 3. The van der Waals surface area contributed by atoms with Gasteiger partial charge in [0.15, 0.2) is 0 Å². The highest BCUT2D eigenvalue weighted by Gasteiger charge is 2.17. The molecule has 0 aliphatic rings. The van der Waals surface area contributed by atoms with Crippen molar-refractivity contribution in [3.8, 4) is 11.5 Å². The minimum absolute atomic E-state index is 0.0672. The lowest BCUT2D eigenvalue weighted by Crippen LogP contribution is -2.13. The number of esters is 2. The fourth-order valence-corrected chi connectivity index (χ4v) is 2.81. The second-order valence-electron chi connectivity index (χ2n) is 6.77. The van der Waals surface area contributed by atoms with Crippen LogP contribution in [0.1, 0.15) is 31.8 Å². The van der Waals surface area contributed by atoms with Gasteiger partial charge >= 0.3 is 11.9 Å². The monoisotopic (exact) mass is 436 g/mol. The van der Waals surface area contributed by atoms with Gasteiger partial charge in [0.1, 0.15) is 11.5 Å². The quantitative estimate of drug-likeness (QED) is 0.237. The molecule has 0 saturated heterocycles. The minimum Gasteiger partial charge on any atom is -0.423 e. The Kier molecular flexibility index (Phi) is 6.24. The molecule has 0 heterocycles. The average Bonchev–Trinajstić information content (AvgIpc) is 2.76. The topological polar surface area (TPSA) is 139 Å². The van der Waals surface area contributed by atoms with Crippen molar-refractivity contribution in [2.24, 2.45) is 0 Å². The van der Waals surface area contributed by atoms with Crippen LogP contribution in [-0.4, -0.2) is 21.8 Å². The van der Waals surface area contributed by atoms with Gasteiger partial charge in [-0.1, -0.05) is 6.07 Å². The number of hydrogen-bond donors (Lipinski definition) is 0. The number of ether oxygens (including phenoxy) is 2. The van der Waals surface area contributed by atoms with Gasteiger partial charge in [0.25, 0.3) is 11.4 Å². The molecule has 3 rings (SSSR count). The molecule has 10 nitrogen and oxygen atoms in total. The molecule has 32 heavy (non-hydrogen) atoms. The van der Waals surface area contributed by atoms with Gasteiger partial charge in [-0.25, -0.2) is 9.59 Å². The van der Waals surface area contributed by atoms with E-state index in [-0.39, 0.29) is 34.0 Å². The summed E-state index contributed by atoms with van der Waals surface area (Å²) in [6.07, 6.45) is 0. The summed E-state index contributed by atoms with van der Waals surface area (Å²) < 4.78 is 10.6. The molecule has 162 valence electrons. The molecule has 0 aliphatic heterocycles. The molecule has 0 amide bonds. The number of non-ortho nitro benzene ring substituents is 2. The third-order valence-electron chi connectivity index (χ3n) is 4.48. The molecule has 0 fully saturated rings. The standard InChI is InChI=1S/C22H16N2O8/c1-13-10-17(23(27)28)6-8-19(13)31-21(25)15-4-3-5-16(12-15)22(26)32-20-9-7-18(24(29)30)11-14(20)2/h3-12H,1-2H3. The lowest BCUT2D eigenvalue weighted by molar-refractivity contribution is -0.385. The smallest absolute Gasteiger partial charge is 0.343 e. The lowest BCUT2D eigenvalue weighted by atomic mass is 10.1. The van der Waals surface area contributed by atoms with E-state index in [2.05, 4.69) is 0 Å². The molecule has 0 unspecified atom stereocenters. The number of nitro benzene ring substituents is 2. The largest absolute Gasteiger partial charge is 0.423 e. The molecule has 0 N–H and O–H groups in total. The van der Waals surface area contributed by atoms with E-state index < -0.39 is 21.8 Å². The first-order valence-corrected chi connectivity index (χ1v) is 9.20. The fourth-order valence-electron chi connectivity index (χ4n) is 2.81. The van der Waals surface area contributed by atoms with Gasteiger partial charge in [-0.3, -0.25) is 20.2 Å². The van der Waals surface area contributed by atoms with Crippen LogP contribution in [0.15, 0.2) is 60.7 Å². The molecule has 0 aromatic heterocycles. The molecular weight excluding hydrogens is 420 g/mol. The van der Waals surface area contributed by atoms with Crippen molar-refractivity contribution in [2.45, 2.75) is 13.8 Å². The Bertz CT molecular complexity index is 1160. The molecule has 0 bridgehead atoms. The van der Waals surface area contributed by atoms with E-state index in [1.807, 2.05) is 0 Å². The third kappa shape index (κ3) is 4.93. The summed E-state index contributed by atoms with van der Waals surface area (Å²) in [5, 5.41) is 21.7. The maximum absolute atomic E-state index is 12.5. The number of nitrogens with zero attached hydrogens (tertiary/aromatic N) is 2. The first kappa shape index (κ1) is 22.1. The zero-order chi connectivity index (χ0) is 23.4. The predicted molar refractivity (Wildman–Crippen MR) is 112 cm³/mol. The Morgan fingerprint density at radius 1 is 0.688 bits per heavy atom. The molecular formula is C22H16N2O8. The van der Waals surface area contributed by atoms with Crippen LogP contribution >= 0.6 is 0 Å². The highest BCUT2D eigenvalue weighted by atomic mass is 16.6. The second-order valence-corrected chi connectivity index (χ2v) is 6.77. The van der Waals surface area contributed by atoms with Crippen LogP contribution in [0.4, 0.5) is 11.4 Å². The Balaban J connectivity index is 1.76. The van der Waals surface area contributed by atoms with Crippen LogP contribution in [-0.2, 0) is 0 Å². The molecule has 0 saturated carbocycles. The van der Waals surface area contributed by atoms with Crippen LogP contribution in [0.3, 0.4) is 0 Å². The van der Waals surface area contributed by atoms with Crippen LogP contribution in [0.5, 0.6) is 11.5 Å². The van der Waals surface area contributed by atoms with Crippen molar-refractivity contribution in [2.75, 3.05) is 0 Å². The number of hydrogen-bond acceptors (Lipinski definition) is 8. The van der Waals surface area contributed by atoms with Crippen molar-refractivity contribution in [3.05, 3.63) is 103 Å². The first-order chi connectivity index (χ1) is 15.2. The first-order valence-electron chi connectivity index (χ1n) is 9.20. The van der Waals surface area contributed by atoms with Crippen LogP contribution in [0, 0.1) is 34.1 Å². The lowest BCUT2D eigenvalue weighted by Gasteiger charge is -2.09. The van der Waals surface area contributed by atoms with Gasteiger partial charge in [-0.15, -0.1) is 0 Å². The zero-order valence-corrected chi connectivity index (χ0v) is 16.9. The number of rotatable bonds is 6. The minimum atomic E-state index is -0.761. The van der Waals surface area contributed by atoms with Crippen molar-refractivity contribution in [1.29, 1.82) is 0 Å². The molecule has 3 aromatic carbocycles. The van der Waals surface area contributed by atoms with Gasteiger partial charge in [-0.2, -0.15) is 0 Å². The summed E-state index contributed by atoms with van der Waals surface area (Å²) in [7, 11) is 0. The normalized spacial score (nSPS) is 10.3. The summed E-state index contributed by atoms with van der Waals surface area (Å²) in [6, 6.07) is 13.3. The number of aryl methyl sites for hydroxylation is 2. The molecule has 0 radical (unpaired) electrons. The summed E-state index contributed by atoms with van der Waals surface area (Å²) in [4.78, 5) is 45.6. The van der Waals surface area contributed by atoms with Gasteiger partial charge < -0.3 is 9.47 Å². The molecule has 10 heteroatoms. The van der Waals surface area contributed by atoms with Crippen molar-refractivity contribution < 1.29 is 28.9 Å². The van der Waals surface area contributed by atoms with Crippen LogP contribution in [0.2, 0.25) is 0 Å². The summed E-state index contributed by atoms with van der Waals surface area (Å²) >= 11 is 0. The van der Waals surface area contributed by atoms with E-state index >= 15 is 0 Å². The summed E-state index contributed by atoms with van der Waals surface area (Å²) in [6.45, 7) is 3.13. The van der Waals surface area contributed by atoms with Crippen LogP contribution < -0.4 is 9.47 Å². The Morgan fingerprint density at radius 3 is 1.44 bits per heavy atom. The van der Waals surface area contributed by atoms with Crippen LogP contribution in [0.25, 0.3) is 0 Å². The van der Waals surface area contributed by atoms with E-state index in [4.69, 9.17) is 9.47 Å². The van der Waals surface area contributed by atoms with Crippen molar-refractivity contribution in [3.63, 3.8) is 0 Å².